The standard InChI is InChI=1S/C5H12.3C4H10.C3H7Cl/c1-4-5(2)3;3*1-4(2)3;1-3(2)4/h5H,4H2,1-3H3;3*4H,1-3H3;3H,1-2H3. The Morgan fingerprint density at radius 2 is 0.571 bits per heavy atom. The van der Waals surface area contributed by atoms with E-state index in [-0.39, 0.29) is 0 Å². The first-order chi connectivity index (χ1) is 9.20. The van der Waals surface area contributed by atoms with Crippen LogP contribution >= 0.6 is 11.6 Å². The van der Waals surface area contributed by atoms with E-state index in [4.69, 9.17) is 11.6 Å². The van der Waals surface area contributed by atoms with Crippen LogP contribution in [0.3, 0.4) is 0 Å². The monoisotopic (exact) mass is 324 g/mol. The van der Waals surface area contributed by atoms with Crippen LogP contribution in [0.1, 0.15) is 103 Å². The Morgan fingerprint density at radius 3 is 0.571 bits per heavy atom. The summed E-state index contributed by atoms with van der Waals surface area (Å²) in [5.41, 5.74) is 0. The van der Waals surface area contributed by atoms with Gasteiger partial charge in [0.15, 0.2) is 0 Å². The molecule has 0 N–H and O–H groups in total. The summed E-state index contributed by atoms with van der Waals surface area (Å²) in [6, 6.07) is 0. The van der Waals surface area contributed by atoms with Gasteiger partial charge in [-0.05, 0) is 37.5 Å². The Bertz CT molecular complexity index is 88.8. The highest BCUT2D eigenvalue weighted by Crippen LogP contribution is 1.93. The molecule has 0 aliphatic heterocycles. The average molecular weight is 325 g/mol. The predicted octanol–water partition coefficient (Wildman–Crippen LogP) is 8.67. The molecule has 0 atom stereocenters. The lowest BCUT2D eigenvalue weighted by Crippen LogP contribution is -1.77. The largest absolute Gasteiger partial charge is 0.124 e. The molecule has 0 spiro atoms. The quantitative estimate of drug-likeness (QED) is 0.423. The molecule has 0 aromatic heterocycles. The van der Waals surface area contributed by atoms with Crippen LogP contribution in [0.5, 0.6) is 0 Å². The van der Waals surface area contributed by atoms with Gasteiger partial charge in [-0.25, -0.2) is 0 Å². The minimum atomic E-state index is 0.306. The maximum absolute atomic E-state index is 5.27. The average Bonchev–Trinajstić information content (AvgIpc) is 2.13. The zero-order valence-electron chi connectivity index (χ0n) is 18.0. The molecule has 0 aliphatic rings. The topological polar surface area (TPSA) is 0 Å². The van der Waals surface area contributed by atoms with E-state index in [0.29, 0.717) is 5.38 Å². The van der Waals surface area contributed by atoms with Gasteiger partial charge in [0.05, 0.1) is 0 Å². The summed E-state index contributed by atoms with van der Waals surface area (Å²) in [5.74, 6) is 3.38. The molecule has 21 heavy (non-hydrogen) atoms. The molecule has 0 radical (unpaired) electrons. The Morgan fingerprint density at radius 1 is 0.524 bits per heavy atom. The van der Waals surface area contributed by atoms with Gasteiger partial charge in [-0.3, -0.25) is 0 Å². The normalized spacial score (nSPS) is 9.14. The molecule has 1 heteroatoms. The van der Waals surface area contributed by atoms with E-state index in [0.717, 1.165) is 23.7 Å². The lowest BCUT2D eigenvalue weighted by atomic mass is 10.2. The molecule has 0 aliphatic carbocycles. The molecule has 0 fully saturated rings. The van der Waals surface area contributed by atoms with Crippen LogP contribution in [-0.4, -0.2) is 5.38 Å². The van der Waals surface area contributed by atoms with Gasteiger partial charge in [0.2, 0.25) is 0 Å². The Balaban J connectivity index is -0.0000000510. The fourth-order valence-electron chi connectivity index (χ4n) is 0. The lowest BCUT2D eigenvalue weighted by Gasteiger charge is -1.90. The van der Waals surface area contributed by atoms with Crippen molar-refractivity contribution in [3.8, 4) is 0 Å². The molecule has 0 aromatic carbocycles. The summed E-state index contributed by atoms with van der Waals surface area (Å²) in [6.45, 7) is 30.0. The first kappa shape index (κ1) is 33.0. The lowest BCUT2D eigenvalue weighted by molar-refractivity contribution is 0.626. The first-order valence-corrected chi connectivity index (χ1v) is 9.28. The predicted molar refractivity (Wildman–Crippen MR) is 108 cm³/mol. The molecular weight excluding hydrogens is 276 g/mol. The number of hydrogen-bond donors (Lipinski definition) is 0. The second-order valence-electron chi connectivity index (χ2n) is 8.01. The van der Waals surface area contributed by atoms with Gasteiger partial charge < -0.3 is 0 Å². The number of halogens is 1. The van der Waals surface area contributed by atoms with E-state index in [2.05, 4.69) is 83.1 Å². The maximum atomic E-state index is 5.27. The van der Waals surface area contributed by atoms with Crippen molar-refractivity contribution >= 4 is 11.6 Å². The van der Waals surface area contributed by atoms with Crippen molar-refractivity contribution in [3.63, 3.8) is 0 Å². The molecule has 0 nitrogen and oxygen atoms in total. The highest BCUT2D eigenvalue weighted by Gasteiger charge is 1.80. The zero-order valence-corrected chi connectivity index (χ0v) is 18.7. The van der Waals surface area contributed by atoms with Crippen LogP contribution in [0.15, 0.2) is 0 Å². The van der Waals surface area contributed by atoms with Gasteiger partial charge >= 0.3 is 0 Å². The number of rotatable bonds is 1. The Labute approximate surface area is 144 Å². The van der Waals surface area contributed by atoms with Crippen LogP contribution in [0.25, 0.3) is 0 Å². The van der Waals surface area contributed by atoms with Crippen molar-refractivity contribution in [2.24, 2.45) is 23.7 Å². The minimum Gasteiger partial charge on any atom is -0.124 e. The van der Waals surface area contributed by atoms with Crippen molar-refractivity contribution in [2.75, 3.05) is 0 Å². The molecule has 0 rings (SSSR count). The molecule has 0 saturated heterocycles. The van der Waals surface area contributed by atoms with Crippen LogP contribution in [-0.2, 0) is 0 Å². The van der Waals surface area contributed by atoms with Crippen molar-refractivity contribution in [1.82, 2.24) is 0 Å². The van der Waals surface area contributed by atoms with Crippen LogP contribution in [0, 0.1) is 23.7 Å². The molecule has 0 heterocycles. The third kappa shape index (κ3) is 1290. The van der Waals surface area contributed by atoms with E-state index in [1.54, 1.807) is 0 Å². The number of hydrogen-bond acceptors (Lipinski definition) is 0. The van der Waals surface area contributed by atoms with Gasteiger partial charge in [-0.15, -0.1) is 11.6 Å². The van der Waals surface area contributed by atoms with E-state index in [9.17, 15) is 0 Å². The van der Waals surface area contributed by atoms with Gasteiger partial charge in [0.1, 0.15) is 0 Å². The maximum Gasteiger partial charge on any atom is 0.0279 e. The van der Waals surface area contributed by atoms with Crippen molar-refractivity contribution in [2.45, 2.75) is 109 Å². The highest BCUT2D eigenvalue weighted by atomic mass is 35.5. The van der Waals surface area contributed by atoms with Gasteiger partial charge in [-0.2, -0.15) is 0 Å². The molecule has 0 amide bonds. The second-order valence-corrected chi connectivity index (χ2v) is 8.88. The van der Waals surface area contributed by atoms with Crippen molar-refractivity contribution in [3.05, 3.63) is 0 Å². The third-order valence-corrected chi connectivity index (χ3v) is 0.816. The summed E-state index contributed by atoms with van der Waals surface area (Å²) in [5, 5.41) is 0.306. The zero-order chi connectivity index (χ0) is 18.6. The highest BCUT2D eigenvalue weighted by molar-refractivity contribution is 6.20. The van der Waals surface area contributed by atoms with Crippen LogP contribution < -0.4 is 0 Å². The molecule has 0 unspecified atom stereocenters. The summed E-state index contributed by atoms with van der Waals surface area (Å²) in [7, 11) is 0. The Hall–Kier alpha value is 0.290. The third-order valence-electron chi connectivity index (χ3n) is 0.816. The Kier molecular flexibility index (Phi) is 44.7. The summed E-state index contributed by atoms with van der Waals surface area (Å²) in [4.78, 5) is 0. The van der Waals surface area contributed by atoms with Crippen molar-refractivity contribution < 1.29 is 0 Å². The van der Waals surface area contributed by atoms with Crippen LogP contribution in [0.4, 0.5) is 0 Å². The molecule has 0 saturated carbocycles. The molecular formula is C20H49Cl. The fraction of sp³-hybridized carbons (Fsp3) is 1.00. The van der Waals surface area contributed by atoms with E-state index < -0.39 is 0 Å². The van der Waals surface area contributed by atoms with Crippen LogP contribution in [0.2, 0.25) is 0 Å². The molecule has 0 aromatic rings. The second kappa shape index (κ2) is 28.5. The first-order valence-electron chi connectivity index (χ1n) is 8.84. The fourth-order valence-corrected chi connectivity index (χ4v) is 0. The summed E-state index contributed by atoms with van der Waals surface area (Å²) < 4.78 is 0. The van der Waals surface area contributed by atoms with Gasteiger partial charge in [0.25, 0.3) is 0 Å². The van der Waals surface area contributed by atoms with Gasteiger partial charge in [0, 0.05) is 5.38 Å². The minimum absolute atomic E-state index is 0.306. The van der Waals surface area contributed by atoms with Gasteiger partial charge in [-0.1, -0.05) is 89.5 Å². The van der Waals surface area contributed by atoms with E-state index in [1.165, 1.54) is 6.42 Å². The SMILES string of the molecule is CC(C)C.CC(C)C.CC(C)C.CC(C)Cl.CCC(C)C. The molecule has 136 valence electrons. The smallest absolute Gasteiger partial charge is 0.0279 e. The van der Waals surface area contributed by atoms with E-state index >= 15 is 0 Å². The number of alkyl halides is 1. The summed E-state index contributed by atoms with van der Waals surface area (Å²) >= 11 is 5.27. The molecule has 0 bridgehead atoms. The van der Waals surface area contributed by atoms with Crippen molar-refractivity contribution in [1.29, 1.82) is 0 Å². The summed E-state index contributed by atoms with van der Waals surface area (Å²) in [6.07, 6.45) is 1.31. The van der Waals surface area contributed by atoms with E-state index in [1.807, 2.05) is 13.8 Å².